The minimum absolute atomic E-state index is 0.133. The molecule has 350 valence electrons. The molecule has 4 atom stereocenters. The number of hydroxylamine groups is 2. The van der Waals surface area contributed by atoms with Gasteiger partial charge in [-0.1, -0.05) is 12.1 Å². The summed E-state index contributed by atoms with van der Waals surface area (Å²) < 4.78 is 0.846. The molecule has 7 amide bonds. The van der Waals surface area contributed by atoms with Gasteiger partial charge in [-0.25, -0.2) is 9.59 Å². The Morgan fingerprint density at radius 3 is 1.58 bits per heavy atom. The monoisotopic (exact) mass is 1020 g/mol. The van der Waals surface area contributed by atoms with Crippen LogP contribution in [0, 0.1) is 3.57 Å². The first kappa shape index (κ1) is 52.4. The second-order valence-corrected chi connectivity index (χ2v) is 15.7. The first-order valence-electron chi connectivity index (χ1n) is 20.1. The number of hydrogen-bond donors (Lipinski definition) is 9. The van der Waals surface area contributed by atoms with Gasteiger partial charge in [-0.2, -0.15) is 0 Å². The number of carbonyl (C=O) groups excluding carboxylic acids is 8. The molecule has 0 aliphatic carbocycles. The highest BCUT2D eigenvalue weighted by Crippen LogP contribution is 2.16. The maximum Gasteiger partial charge on any atom is 0.363 e. The fourth-order valence-electron chi connectivity index (χ4n) is 6.10. The van der Waals surface area contributed by atoms with Crippen molar-refractivity contribution in [1.82, 2.24) is 31.6 Å². The van der Waals surface area contributed by atoms with Crippen LogP contribution in [-0.4, -0.2) is 127 Å². The molecule has 24 heteroatoms. The smallest absolute Gasteiger partial charge is 0.363 e. The molecule has 0 aromatic heterocycles. The summed E-state index contributed by atoms with van der Waals surface area (Å²) >= 11 is 2.05. The van der Waals surface area contributed by atoms with Crippen molar-refractivity contribution in [1.29, 1.82) is 0 Å². The molecule has 1 saturated heterocycles. The molecule has 0 bridgehead atoms. The van der Waals surface area contributed by atoms with Gasteiger partial charge in [0.25, 0.3) is 23.6 Å². The topological polar surface area (TPSA) is 358 Å². The van der Waals surface area contributed by atoms with Gasteiger partial charge in [-0.15, -0.1) is 5.06 Å². The molecule has 65 heavy (non-hydrogen) atoms. The van der Waals surface area contributed by atoms with Gasteiger partial charge in [0, 0.05) is 53.3 Å². The van der Waals surface area contributed by atoms with E-state index < -0.39 is 128 Å². The van der Waals surface area contributed by atoms with Gasteiger partial charge in [0.05, 0.1) is 5.56 Å². The Morgan fingerprint density at radius 1 is 0.569 bits per heavy atom. The summed E-state index contributed by atoms with van der Waals surface area (Å²) in [5.41, 5.74) is -0.128. The summed E-state index contributed by atoms with van der Waals surface area (Å²) in [6.07, 6.45) is -3.62. The van der Waals surface area contributed by atoms with Crippen molar-refractivity contribution in [3.05, 3.63) is 68.8 Å². The molecule has 0 radical (unpaired) electrons. The first-order valence-corrected chi connectivity index (χ1v) is 21.2. The molecule has 0 spiro atoms. The molecule has 0 saturated carbocycles. The number of hydrogen-bond acceptors (Lipinski definition) is 13. The normalized spacial score (nSPS) is 13.9. The molecular formula is C41H47IN6O17. The van der Waals surface area contributed by atoms with Gasteiger partial charge >= 0.3 is 29.8 Å². The molecule has 1 heterocycles. The van der Waals surface area contributed by atoms with Crippen molar-refractivity contribution in [2.75, 3.05) is 6.54 Å². The number of imide groups is 1. The lowest BCUT2D eigenvalue weighted by Gasteiger charge is -2.26. The van der Waals surface area contributed by atoms with Gasteiger partial charge in [0.1, 0.15) is 24.2 Å². The van der Waals surface area contributed by atoms with Crippen molar-refractivity contribution in [3.63, 3.8) is 0 Å². The average Bonchev–Trinajstić information content (AvgIpc) is 3.56. The second kappa shape index (κ2) is 26.0. The third kappa shape index (κ3) is 18.0. The van der Waals surface area contributed by atoms with Crippen molar-refractivity contribution >= 4 is 93.8 Å². The summed E-state index contributed by atoms with van der Waals surface area (Å²) in [5, 5.41) is 50.0. The molecule has 23 nitrogen and oxygen atoms in total. The van der Waals surface area contributed by atoms with E-state index in [1.165, 1.54) is 18.2 Å². The van der Waals surface area contributed by atoms with E-state index in [0.29, 0.717) is 17.0 Å². The highest BCUT2D eigenvalue weighted by Gasteiger charge is 2.34. The predicted octanol–water partition coefficient (Wildman–Crippen LogP) is 0.734. The van der Waals surface area contributed by atoms with E-state index in [1.54, 1.807) is 18.2 Å². The summed E-state index contributed by atoms with van der Waals surface area (Å²) in [6.45, 7) is 0.175. The highest BCUT2D eigenvalue weighted by molar-refractivity contribution is 14.1. The van der Waals surface area contributed by atoms with Crippen LogP contribution in [0.5, 0.6) is 0 Å². The van der Waals surface area contributed by atoms with Crippen LogP contribution >= 0.6 is 22.6 Å². The zero-order valence-corrected chi connectivity index (χ0v) is 36.7. The number of unbranched alkanes of at least 4 members (excludes halogenated alkanes) is 1. The Balaban J connectivity index is 1.74. The van der Waals surface area contributed by atoms with Crippen molar-refractivity contribution in [2.45, 2.75) is 101 Å². The minimum atomic E-state index is -1.70. The maximum absolute atomic E-state index is 13.7. The number of carboxylic acid groups (broad SMARTS) is 4. The fourth-order valence-corrected chi connectivity index (χ4v) is 6.65. The Bertz CT molecular complexity index is 2150. The van der Waals surface area contributed by atoms with E-state index >= 15 is 0 Å². The van der Waals surface area contributed by atoms with Gasteiger partial charge in [-0.3, -0.25) is 47.9 Å². The van der Waals surface area contributed by atoms with Crippen molar-refractivity contribution in [2.24, 2.45) is 0 Å². The highest BCUT2D eigenvalue weighted by atomic mass is 127. The molecule has 0 unspecified atom stereocenters. The number of nitrogens with one attached hydrogen (secondary N) is 5. The van der Waals surface area contributed by atoms with E-state index in [1.807, 2.05) is 6.07 Å². The van der Waals surface area contributed by atoms with Crippen LogP contribution in [0.4, 0.5) is 0 Å². The molecule has 3 rings (SSSR count). The third-order valence-electron chi connectivity index (χ3n) is 9.51. The standard InChI is InChI=1S/C41H47IN6O17/c42-25-9-4-7-23(21-25)35(57)43-19-2-1-10-29(40(62)63)47-39(61)28(14-18-34(55)56)46-37(59)26(11-5-12-32(51)52)45-38(60)27(13-17-33(53)54)44-36(58)22-6-3-8-24(20-22)41(64)65-48-30(49)15-16-31(48)50/h3-4,6-9,20-21,26-29H,1-2,5,10-19H2,(H,43,57)(H,44,58)(H,45,60)(H,46,59)(H,47,61)(H,51,52)(H,53,54)(H,55,56)(H,62,63)/t26-,27-,28-,29-/m1/s1. The zero-order chi connectivity index (χ0) is 48.2. The number of carbonyl (C=O) groups is 12. The van der Waals surface area contributed by atoms with Crippen LogP contribution in [0.15, 0.2) is 48.5 Å². The second-order valence-electron chi connectivity index (χ2n) is 14.5. The molecule has 1 aliphatic rings. The molecule has 2 aromatic carbocycles. The molecule has 1 aliphatic heterocycles. The fraction of sp³-hybridized carbons (Fsp3) is 0.415. The minimum Gasteiger partial charge on any atom is -0.481 e. The quantitative estimate of drug-likeness (QED) is 0.0338. The average molecular weight is 1020 g/mol. The number of halogens is 1. The molecular weight excluding hydrogens is 975 g/mol. The largest absolute Gasteiger partial charge is 0.481 e. The van der Waals surface area contributed by atoms with E-state index in [0.717, 1.165) is 9.64 Å². The number of benzene rings is 2. The van der Waals surface area contributed by atoms with Gasteiger partial charge in [-0.05, 0) is 104 Å². The van der Waals surface area contributed by atoms with E-state index in [9.17, 15) is 78.0 Å². The van der Waals surface area contributed by atoms with Gasteiger partial charge in [0.15, 0.2) is 0 Å². The lowest BCUT2D eigenvalue weighted by molar-refractivity contribution is -0.172. The third-order valence-corrected chi connectivity index (χ3v) is 10.2. The van der Waals surface area contributed by atoms with Crippen LogP contribution in [-0.2, 0) is 48.0 Å². The number of nitrogens with zero attached hydrogens (tertiary/aromatic N) is 1. The van der Waals surface area contributed by atoms with Crippen LogP contribution in [0.3, 0.4) is 0 Å². The number of rotatable bonds is 27. The first-order chi connectivity index (χ1) is 30.7. The van der Waals surface area contributed by atoms with Crippen molar-refractivity contribution < 1.29 is 82.8 Å². The van der Waals surface area contributed by atoms with E-state index in [4.69, 9.17) is 4.84 Å². The predicted molar refractivity (Wildman–Crippen MR) is 228 cm³/mol. The summed E-state index contributed by atoms with van der Waals surface area (Å²) in [5.74, 6) is -13.0. The SMILES string of the molecule is O=C(O)CCC[C@@H](NC(=O)[C@@H](CCC(=O)O)NC(=O)c1cccc(C(=O)ON2C(=O)CCC2=O)c1)C(=O)N[C@H](CCC(=O)O)C(=O)N[C@H](CCCCNC(=O)c1cccc(I)c1)C(=O)O. The van der Waals surface area contributed by atoms with Crippen LogP contribution in [0.25, 0.3) is 0 Å². The molecule has 2 aromatic rings. The van der Waals surface area contributed by atoms with Gasteiger partial charge < -0.3 is 51.8 Å². The zero-order valence-electron chi connectivity index (χ0n) is 34.5. The Labute approximate surface area is 383 Å². The van der Waals surface area contributed by atoms with E-state index in [-0.39, 0.29) is 55.7 Å². The molecule has 1 fully saturated rings. The lowest BCUT2D eigenvalue weighted by Crippen LogP contribution is -2.57. The molecule has 9 N–H and O–H groups in total. The summed E-state index contributed by atoms with van der Waals surface area (Å²) in [7, 11) is 0. The Kier molecular flexibility index (Phi) is 20.9. The van der Waals surface area contributed by atoms with Crippen LogP contribution in [0.2, 0.25) is 0 Å². The number of aliphatic carboxylic acids is 4. The van der Waals surface area contributed by atoms with E-state index in [2.05, 4.69) is 49.2 Å². The Hall–Kier alpha value is -6.99. The summed E-state index contributed by atoms with van der Waals surface area (Å²) in [4.78, 5) is 154. The summed E-state index contributed by atoms with van der Waals surface area (Å²) in [6, 6.07) is 4.87. The number of carboxylic acids is 4. The van der Waals surface area contributed by atoms with Crippen molar-refractivity contribution in [3.8, 4) is 0 Å². The number of amides is 7. The maximum atomic E-state index is 13.7. The Morgan fingerprint density at radius 2 is 1.05 bits per heavy atom. The lowest BCUT2D eigenvalue weighted by atomic mass is 10.0. The van der Waals surface area contributed by atoms with Crippen LogP contribution < -0.4 is 26.6 Å². The van der Waals surface area contributed by atoms with Gasteiger partial charge in [0.2, 0.25) is 17.7 Å². The van der Waals surface area contributed by atoms with Crippen LogP contribution in [0.1, 0.15) is 108 Å².